The van der Waals surface area contributed by atoms with Crippen molar-refractivity contribution in [3.05, 3.63) is 16.3 Å². The van der Waals surface area contributed by atoms with Gasteiger partial charge in [-0.3, -0.25) is 4.84 Å². The largest absolute Gasteiger partial charge is 0.322 e. The van der Waals surface area contributed by atoms with E-state index in [9.17, 15) is 10.1 Å². The van der Waals surface area contributed by atoms with Gasteiger partial charge in [0.1, 0.15) is 0 Å². The van der Waals surface area contributed by atoms with Gasteiger partial charge in [0.2, 0.25) is 0 Å². The molecule has 2 N–H and O–H groups in total. The summed E-state index contributed by atoms with van der Waals surface area (Å²) in [5.74, 6) is 4.75. The molecule has 0 aromatic carbocycles. The minimum Gasteiger partial charge on any atom is -0.322 e. The van der Waals surface area contributed by atoms with Gasteiger partial charge < -0.3 is 5.84 Å². The smallest absolute Gasteiger partial charge is 0.301 e. The predicted molar refractivity (Wildman–Crippen MR) is 27.8 cm³/mol. The SMILES string of the molecule is Nn1cc(O[N+](=O)[O-])nn1. The number of hydrogen-bond acceptors (Lipinski definition) is 6. The van der Waals surface area contributed by atoms with Crippen LogP contribution in [0.1, 0.15) is 0 Å². The zero-order chi connectivity index (χ0) is 7.56. The lowest BCUT2D eigenvalue weighted by molar-refractivity contribution is -0.712. The van der Waals surface area contributed by atoms with E-state index in [4.69, 9.17) is 5.84 Å². The summed E-state index contributed by atoms with van der Waals surface area (Å²) in [5.41, 5.74) is 0. The quantitative estimate of drug-likeness (QED) is 0.310. The van der Waals surface area contributed by atoms with Gasteiger partial charge >= 0.3 is 5.09 Å². The Labute approximate surface area is 54.3 Å². The molecule has 0 atom stereocenters. The molecule has 10 heavy (non-hydrogen) atoms. The predicted octanol–water partition coefficient (Wildman–Crippen LogP) is -1.44. The minimum atomic E-state index is -0.996. The molecule has 1 aromatic rings. The van der Waals surface area contributed by atoms with Crippen LogP contribution < -0.4 is 10.7 Å². The third kappa shape index (κ3) is 1.31. The molecule has 0 unspecified atom stereocenters. The Morgan fingerprint density at radius 3 is 3.00 bits per heavy atom. The molecule has 0 saturated carbocycles. The van der Waals surface area contributed by atoms with E-state index >= 15 is 0 Å². The Hall–Kier alpha value is -1.86. The normalized spacial score (nSPS) is 9.20. The van der Waals surface area contributed by atoms with Gasteiger partial charge in [0.25, 0.3) is 5.88 Å². The van der Waals surface area contributed by atoms with Crippen molar-refractivity contribution in [2.24, 2.45) is 0 Å². The number of hydrogen-bond donors (Lipinski definition) is 1. The molecule has 0 aliphatic rings. The summed E-state index contributed by atoms with van der Waals surface area (Å²) in [6, 6.07) is 0. The van der Waals surface area contributed by atoms with E-state index in [0.29, 0.717) is 0 Å². The van der Waals surface area contributed by atoms with Gasteiger partial charge in [-0.25, -0.2) is 0 Å². The van der Waals surface area contributed by atoms with E-state index in [0.717, 1.165) is 11.0 Å². The van der Waals surface area contributed by atoms with Gasteiger partial charge in [0.05, 0.1) is 6.20 Å². The Morgan fingerprint density at radius 2 is 2.60 bits per heavy atom. The fourth-order valence-electron chi connectivity index (χ4n) is 0.379. The van der Waals surface area contributed by atoms with Gasteiger partial charge in [-0.15, -0.1) is 15.2 Å². The van der Waals surface area contributed by atoms with Crippen LogP contribution >= 0.6 is 0 Å². The number of nitrogens with two attached hydrogens (primary N) is 1. The molecule has 8 heteroatoms. The number of nitrogen functional groups attached to an aromatic ring is 1. The van der Waals surface area contributed by atoms with Gasteiger partial charge in [0, 0.05) is 0 Å². The first-order valence-corrected chi connectivity index (χ1v) is 2.18. The standard InChI is InChI=1S/C2H3N5O3/c3-6-1-2(4-5-6)10-7(8)9/h1H,3H2. The average Bonchev–Trinajstić information content (AvgIpc) is 2.13. The maximum absolute atomic E-state index is 9.64. The van der Waals surface area contributed by atoms with E-state index in [1.54, 1.807) is 0 Å². The average molecular weight is 145 g/mol. The number of nitrogens with zero attached hydrogens (tertiary/aromatic N) is 4. The molecule has 1 rings (SSSR count). The van der Waals surface area contributed by atoms with Crippen LogP contribution in [0.2, 0.25) is 0 Å². The zero-order valence-electron chi connectivity index (χ0n) is 4.67. The third-order valence-electron chi connectivity index (χ3n) is 0.657. The molecule has 8 nitrogen and oxygen atoms in total. The molecule has 0 amide bonds. The van der Waals surface area contributed by atoms with Crippen molar-refractivity contribution >= 4 is 0 Å². The topological polar surface area (TPSA) is 109 Å². The van der Waals surface area contributed by atoms with Gasteiger partial charge in [0.15, 0.2) is 0 Å². The lowest BCUT2D eigenvalue weighted by Crippen LogP contribution is -2.07. The molecule has 1 heterocycles. The minimum absolute atomic E-state index is 0.243. The lowest BCUT2D eigenvalue weighted by atomic mass is 10.9. The van der Waals surface area contributed by atoms with E-state index in [2.05, 4.69) is 15.1 Å². The Bertz CT molecular complexity index is 243. The molecule has 1 aromatic heterocycles. The van der Waals surface area contributed by atoms with Crippen molar-refractivity contribution in [2.45, 2.75) is 0 Å². The summed E-state index contributed by atoms with van der Waals surface area (Å²) in [6.07, 6.45) is 1.07. The van der Waals surface area contributed by atoms with E-state index in [-0.39, 0.29) is 5.88 Å². The van der Waals surface area contributed by atoms with Crippen molar-refractivity contribution in [3.63, 3.8) is 0 Å². The number of aromatic nitrogens is 3. The van der Waals surface area contributed by atoms with Gasteiger partial charge in [-0.05, 0) is 5.21 Å². The Balaban J connectivity index is 2.67. The second-order valence-electron chi connectivity index (χ2n) is 1.35. The monoisotopic (exact) mass is 145 g/mol. The van der Waals surface area contributed by atoms with E-state index in [1.165, 1.54) is 0 Å². The first kappa shape index (κ1) is 6.26. The molecule has 54 valence electrons. The maximum Gasteiger partial charge on any atom is 0.301 e. The highest BCUT2D eigenvalue weighted by atomic mass is 17.0. The third-order valence-corrected chi connectivity index (χ3v) is 0.657. The summed E-state index contributed by atoms with van der Waals surface area (Å²) in [6.45, 7) is 0. The summed E-state index contributed by atoms with van der Waals surface area (Å²) in [4.78, 5) is 14.3. The highest BCUT2D eigenvalue weighted by Gasteiger charge is 2.02. The first-order chi connectivity index (χ1) is 4.68. The molecular formula is C2H3N5O3. The van der Waals surface area contributed by atoms with E-state index in [1.807, 2.05) is 0 Å². The van der Waals surface area contributed by atoms with Crippen molar-refractivity contribution in [1.82, 2.24) is 15.1 Å². The van der Waals surface area contributed by atoms with Crippen LogP contribution in [-0.2, 0) is 0 Å². The number of rotatable bonds is 2. The first-order valence-electron chi connectivity index (χ1n) is 2.18. The van der Waals surface area contributed by atoms with Crippen molar-refractivity contribution < 1.29 is 9.92 Å². The molecule has 0 fully saturated rings. The Morgan fingerprint density at radius 1 is 1.90 bits per heavy atom. The van der Waals surface area contributed by atoms with Gasteiger partial charge in [-0.1, -0.05) is 0 Å². The van der Waals surface area contributed by atoms with Crippen LogP contribution in [0.3, 0.4) is 0 Å². The lowest BCUT2D eigenvalue weighted by Gasteiger charge is -1.85. The second-order valence-corrected chi connectivity index (χ2v) is 1.35. The van der Waals surface area contributed by atoms with Crippen LogP contribution in [0.15, 0.2) is 6.20 Å². The molecule has 0 radical (unpaired) electrons. The van der Waals surface area contributed by atoms with Crippen LogP contribution in [0.5, 0.6) is 5.88 Å². The van der Waals surface area contributed by atoms with Crippen LogP contribution in [-0.4, -0.2) is 20.2 Å². The molecule has 0 bridgehead atoms. The molecule has 0 spiro atoms. The van der Waals surface area contributed by atoms with Crippen LogP contribution in [0, 0.1) is 10.1 Å². The van der Waals surface area contributed by atoms with Crippen molar-refractivity contribution in [3.8, 4) is 5.88 Å². The maximum atomic E-state index is 9.64. The summed E-state index contributed by atoms with van der Waals surface area (Å²) < 4.78 is 0. The Kier molecular flexibility index (Phi) is 1.36. The van der Waals surface area contributed by atoms with Gasteiger partial charge in [-0.2, -0.15) is 4.79 Å². The van der Waals surface area contributed by atoms with Crippen molar-refractivity contribution in [2.75, 3.05) is 5.84 Å². The highest BCUT2D eigenvalue weighted by Crippen LogP contribution is 1.99. The van der Waals surface area contributed by atoms with Crippen LogP contribution in [0.25, 0.3) is 0 Å². The summed E-state index contributed by atoms with van der Waals surface area (Å²) in [7, 11) is 0. The molecule has 0 saturated heterocycles. The van der Waals surface area contributed by atoms with Crippen molar-refractivity contribution in [1.29, 1.82) is 0 Å². The van der Waals surface area contributed by atoms with Crippen LogP contribution in [0.4, 0.5) is 0 Å². The summed E-state index contributed by atoms with van der Waals surface area (Å²) >= 11 is 0. The van der Waals surface area contributed by atoms with E-state index < -0.39 is 5.09 Å². The molecule has 0 aliphatic heterocycles. The highest BCUT2D eigenvalue weighted by molar-refractivity contribution is 4.97. The fourth-order valence-corrected chi connectivity index (χ4v) is 0.379. The molecular weight excluding hydrogens is 142 g/mol. The fraction of sp³-hybridized carbons (Fsp3) is 0. The zero-order valence-corrected chi connectivity index (χ0v) is 4.67. The second kappa shape index (κ2) is 2.17. The summed E-state index contributed by atoms with van der Waals surface area (Å²) in [5, 5.41) is 15.0. The molecule has 0 aliphatic carbocycles.